The Morgan fingerprint density at radius 3 is 0.636 bits per heavy atom. The molecule has 0 aromatic heterocycles. The van der Waals surface area contributed by atoms with E-state index in [9.17, 15) is 0 Å². The third-order valence-corrected chi connectivity index (χ3v) is 0. The second-order valence-corrected chi connectivity index (χ2v) is 0. The van der Waals surface area contributed by atoms with Crippen molar-refractivity contribution in [1.29, 1.82) is 21.0 Å². The molecule has 0 atom stereocenters. The predicted molar refractivity (Wildman–Crippen MR) is 26.3 cm³/mol. The zero-order chi connectivity index (χ0) is 10.0. The molecule has 57 valence electrons. The number of hydrogen-bond donors (Lipinski definition) is 0. The van der Waals surface area contributed by atoms with Crippen LogP contribution in [-0.2, 0) is 22.6 Å². The van der Waals surface area contributed by atoms with Crippen molar-refractivity contribution in [2.45, 2.75) is 0 Å². The summed E-state index contributed by atoms with van der Waals surface area (Å²) in [5.41, 5.74) is 0. The van der Waals surface area contributed by atoms with Crippen molar-refractivity contribution in [3.05, 3.63) is 26.3 Å². The van der Waals surface area contributed by atoms with Gasteiger partial charge in [-0.05, 0) is 0 Å². The third-order valence-electron chi connectivity index (χ3n) is 0. The standard InChI is InChI=1S/4CN.K.O.Pd/c4*1-2;;;/q4*-1;;;. The average Bonchev–Trinajstić information content (AvgIpc) is 2.20. The van der Waals surface area contributed by atoms with Crippen molar-refractivity contribution in [2.75, 3.05) is 0 Å². The molecule has 5 nitrogen and oxygen atoms in total. The van der Waals surface area contributed by atoms with Gasteiger partial charge in [0, 0.05) is 51.4 Å². The molecule has 0 aliphatic heterocycles. The summed E-state index contributed by atoms with van der Waals surface area (Å²) in [4.78, 5) is 0. The van der Waals surface area contributed by atoms with Crippen molar-refractivity contribution in [1.82, 2.24) is 0 Å². The molecule has 0 saturated carbocycles. The minimum atomic E-state index is 0. The summed E-state index contributed by atoms with van der Waals surface area (Å²) >= 11 is 1.50. The monoisotopic (exact) mass is 265 g/mol. The fraction of sp³-hybridized carbons (Fsp3) is 0. The maximum absolute atomic E-state index is 8.10. The molecule has 11 heavy (non-hydrogen) atoms. The quantitative estimate of drug-likeness (QED) is 0.448. The van der Waals surface area contributed by atoms with E-state index in [1.54, 1.807) is 0 Å². The van der Waals surface area contributed by atoms with E-state index in [0.717, 1.165) is 0 Å². The van der Waals surface area contributed by atoms with Gasteiger partial charge < -0.3 is 47.3 Å². The van der Waals surface area contributed by atoms with Crippen LogP contribution >= 0.6 is 0 Å². The number of hydrogen-bond acceptors (Lipinski definition) is 5. The summed E-state index contributed by atoms with van der Waals surface area (Å²) in [5.74, 6) is 0. The van der Waals surface area contributed by atoms with Crippen molar-refractivity contribution < 1.29 is 22.6 Å². The van der Waals surface area contributed by atoms with Gasteiger partial charge >= 0.3 is 22.6 Å². The van der Waals surface area contributed by atoms with Gasteiger partial charge in [-0.15, -0.1) is 0 Å². The first-order valence-corrected chi connectivity index (χ1v) is 1.66. The van der Waals surface area contributed by atoms with Crippen molar-refractivity contribution >= 4 is 51.4 Å². The van der Waals surface area contributed by atoms with E-state index >= 15 is 0 Å². The van der Waals surface area contributed by atoms with Gasteiger partial charge in [0.2, 0.25) is 0 Å². The van der Waals surface area contributed by atoms with Crippen LogP contribution in [-0.4, -0.2) is 51.4 Å². The van der Waals surface area contributed by atoms with Gasteiger partial charge in [0.15, 0.2) is 0 Å². The second-order valence-electron chi connectivity index (χ2n) is 0. The summed E-state index contributed by atoms with van der Waals surface area (Å²) in [6.45, 7) is 19.0. The molecule has 0 rings (SSSR count). The van der Waals surface area contributed by atoms with Crippen LogP contribution in [0.5, 0.6) is 0 Å². The summed E-state index contributed by atoms with van der Waals surface area (Å²) in [5, 5.41) is 25.0. The zero-order valence-corrected chi connectivity index (χ0v) is 10.2. The molecule has 0 aliphatic rings. The molecule has 7 heteroatoms. The first kappa shape index (κ1) is 43.7. The number of rotatable bonds is 0. The first-order chi connectivity index (χ1) is 5.00. The fourth-order valence-electron chi connectivity index (χ4n) is 0. The third kappa shape index (κ3) is 190000. The van der Waals surface area contributed by atoms with Crippen LogP contribution in [0.25, 0.3) is 0 Å². The molecule has 0 unspecified atom stereocenters. The van der Waals surface area contributed by atoms with Gasteiger partial charge in [0.05, 0.1) is 0 Å². The Labute approximate surface area is 119 Å². The minimum absolute atomic E-state index is 0. The van der Waals surface area contributed by atoms with E-state index in [0.29, 0.717) is 0 Å². The van der Waals surface area contributed by atoms with E-state index < -0.39 is 0 Å². The molecule has 0 spiro atoms. The van der Waals surface area contributed by atoms with Crippen LogP contribution in [0, 0.1) is 47.3 Å². The van der Waals surface area contributed by atoms with E-state index in [4.69, 9.17) is 50.8 Å². The van der Waals surface area contributed by atoms with E-state index in [1.807, 2.05) is 0 Å². The molecular formula is C4KN4OPd-4. The molecular weight excluding hydrogens is 266 g/mol. The van der Waals surface area contributed by atoms with Gasteiger partial charge in [-0.25, -0.2) is 0 Å². The molecule has 0 fully saturated rings. The summed E-state index contributed by atoms with van der Waals surface area (Å²) in [6, 6.07) is 0. The molecule has 0 N–H and O–H groups in total. The zero-order valence-electron chi connectivity index (χ0n) is 5.51. The van der Waals surface area contributed by atoms with Crippen LogP contribution in [0.2, 0.25) is 0 Å². The van der Waals surface area contributed by atoms with Crippen molar-refractivity contribution in [3.8, 4) is 0 Å². The van der Waals surface area contributed by atoms with Gasteiger partial charge in [-0.3, -0.25) is 0 Å². The average molecular weight is 266 g/mol. The Morgan fingerprint density at radius 2 is 0.636 bits per heavy atom. The van der Waals surface area contributed by atoms with E-state index in [1.165, 1.54) is 19.2 Å². The summed E-state index contributed by atoms with van der Waals surface area (Å²) in [7, 11) is 0. The molecule has 0 heterocycles. The van der Waals surface area contributed by atoms with Crippen LogP contribution in [0.1, 0.15) is 0 Å². The Hall–Kier alpha value is 0.0587. The van der Waals surface area contributed by atoms with Gasteiger partial charge in [-0.1, -0.05) is 0 Å². The second kappa shape index (κ2) is 240000. The van der Waals surface area contributed by atoms with Gasteiger partial charge in [0.1, 0.15) is 0 Å². The van der Waals surface area contributed by atoms with Gasteiger partial charge in [0.25, 0.3) is 0 Å². The SMILES string of the molecule is [C-]#N.[C-]#N.[C-]#N.[C-]#N.[K].[O]=[Pd]. The maximum atomic E-state index is 8.10. The topological polar surface area (TPSA) is 112 Å². The van der Waals surface area contributed by atoms with Crippen molar-refractivity contribution in [3.63, 3.8) is 0 Å². The molecule has 0 bridgehead atoms. The first-order valence-electron chi connectivity index (χ1n) is 1.02. The normalized spacial score (nSPS) is 1.27. The van der Waals surface area contributed by atoms with E-state index in [2.05, 4.69) is 0 Å². The predicted octanol–water partition coefficient (Wildman–Crippen LogP) is -0.117. The van der Waals surface area contributed by atoms with Crippen LogP contribution in [0.15, 0.2) is 0 Å². The van der Waals surface area contributed by atoms with Crippen molar-refractivity contribution in [2.24, 2.45) is 0 Å². The Morgan fingerprint density at radius 1 is 0.636 bits per heavy atom. The Balaban J connectivity index is -0.00000000694. The molecule has 0 aliphatic carbocycles. The molecule has 0 aromatic rings. The van der Waals surface area contributed by atoms with Crippen LogP contribution < -0.4 is 0 Å². The molecule has 1 radical (unpaired) electrons. The Bertz CT molecular complexity index is 75.2. The Kier molecular flexibility index (Phi) is 952000. The van der Waals surface area contributed by atoms with E-state index in [-0.39, 0.29) is 51.4 Å². The van der Waals surface area contributed by atoms with Crippen LogP contribution in [0.4, 0.5) is 0 Å². The molecule has 0 saturated heterocycles. The van der Waals surface area contributed by atoms with Gasteiger partial charge in [-0.2, -0.15) is 0 Å². The number of nitrogens with zero attached hydrogens (tertiary/aromatic N) is 4. The molecule has 0 aromatic carbocycles. The fourth-order valence-corrected chi connectivity index (χ4v) is 0. The molecule has 0 amide bonds. The summed E-state index contributed by atoms with van der Waals surface area (Å²) < 4.78 is 8.10. The summed E-state index contributed by atoms with van der Waals surface area (Å²) in [6.07, 6.45) is 0. The van der Waals surface area contributed by atoms with Crippen LogP contribution in [0.3, 0.4) is 0 Å².